The molecule has 1 aliphatic heterocycles. The fraction of sp³-hybridized carbons (Fsp3) is 0.273. The van der Waals surface area contributed by atoms with E-state index in [0.717, 1.165) is 45.5 Å². The number of rotatable bonds is 4. The number of hydrogen-bond acceptors (Lipinski definition) is 7. The van der Waals surface area contributed by atoms with Gasteiger partial charge in [0.25, 0.3) is 0 Å². The van der Waals surface area contributed by atoms with Crippen LogP contribution in [0.3, 0.4) is 0 Å². The topological polar surface area (TPSA) is 86.0 Å². The average molecular weight is 403 g/mol. The molecule has 4 aromatic rings. The number of pyridine rings is 1. The molecule has 0 saturated heterocycles. The Balaban J connectivity index is 1.40. The number of aromatic nitrogens is 4. The van der Waals surface area contributed by atoms with Crippen LogP contribution < -0.4 is 10.1 Å². The summed E-state index contributed by atoms with van der Waals surface area (Å²) >= 11 is 0. The molecular weight excluding hydrogens is 385 g/mol. The van der Waals surface area contributed by atoms with Crippen molar-refractivity contribution in [3.8, 4) is 16.9 Å². The first-order chi connectivity index (χ1) is 14.6. The molecule has 150 valence electrons. The number of halogens is 1. The van der Waals surface area contributed by atoms with Gasteiger partial charge in [-0.25, -0.2) is 19.3 Å². The quantitative estimate of drug-likeness (QED) is 0.544. The monoisotopic (exact) mass is 403 g/mol. The van der Waals surface area contributed by atoms with Gasteiger partial charge in [-0.2, -0.15) is 0 Å². The van der Waals surface area contributed by atoms with Crippen molar-refractivity contribution >= 4 is 16.7 Å². The van der Waals surface area contributed by atoms with Gasteiger partial charge >= 0.3 is 0 Å². The van der Waals surface area contributed by atoms with Crippen LogP contribution in [0.4, 0.5) is 10.2 Å². The summed E-state index contributed by atoms with van der Waals surface area (Å²) in [7, 11) is 0. The predicted octanol–water partition coefficient (Wildman–Crippen LogP) is 4.30. The van der Waals surface area contributed by atoms with E-state index in [1.54, 1.807) is 18.5 Å². The van der Waals surface area contributed by atoms with Gasteiger partial charge in [-0.15, -0.1) is 0 Å². The minimum atomic E-state index is -0.231. The van der Waals surface area contributed by atoms with Crippen molar-refractivity contribution in [1.29, 1.82) is 0 Å². The lowest BCUT2D eigenvalue weighted by Gasteiger charge is -2.14. The molecule has 2 atom stereocenters. The van der Waals surface area contributed by atoms with E-state index >= 15 is 0 Å². The van der Waals surface area contributed by atoms with Crippen LogP contribution in [0.1, 0.15) is 34.9 Å². The van der Waals surface area contributed by atoms with Gasteiger partial charge in [0.05, 0.1) is 22.2 Å². The number of nitrogens with zero attached hydrogens (tertiary/aromatic N) is 4. The van der Waals surface area contributed by atoms with E-state index < -0.39 is 0 Å². The molecule has 3 aromatic heterocycles. The van der Waals surface area contributed by atoms with Crippen molar-refractivity contribution in [3.05, 3.63) is 59.3 Å². The zero-order chi connectivity index (χ0) is 20.4. The van der Waals surface area contributed by atoms with E-state index in [1.807, 2.05) is 13.8 Å². The fourth-order valence-corrected chi connectivity index (χ4v) is 4.42. The Morgan fingerprint density at radius 2 is 2.10 bits per heavy atom. The van der Waals surface area contributed by atoms with E-state index in [4.69, 9.17) is 9.26 Å². The lowest BCUT2D eigenvalue weighted by molar-refractivity contribution is 0.318. The number of aryl methyl sites for hydroxylation is 2. The van der Waals surface area contributed by atoms with Gasteiger partial charge in [-0.3, -0.25) is 0 Å². The molecule has 30 heavy (non-hydrogen) atoms. The smallest absolute Gasteiger partial charge is 0.141 e. The highest BCUT2D eigenvalue weighted by atomic mass is 19.1. The number of fused-ring (bicyclic) bond motifs is 4. The van der Waals surface area contributed by atoms with Crippen molar-refractivity contribution in [3.63, 3.8) is 0 Å². The Morgan fingerprint density at radius 1 is 1.20 bits per heavy atom. The standard InChI is InChI=1S/C22H18FN5O2/c1-10-19(11(2)30-28-10)14-8-26-22(15-6-24-9-27-21(14)15)25-7-13-16(23)3-4-17-20(13)12-5-18(12)29-17/h3-4,6,8-9,12,18H,5,7H2,1-2H3,(H,25,26). The first-order valence-electron chi connectivity index (χ1n) is 9.85. The minimum Gasteiger partial charge on any atom is -0.489 e. The molecule has 4 heterocycles. The summed E-state index contributed by atoms with van der Waals surface area (Å²) in [4.78, 5) is 13.2. The Hall–Kier alpha value is -3.55. The van der Waals surface area contributed by atoms with Crippen LogP contribution in [-0.2, 0) is 6.54 Å². The van der Waals surface area contributed by atoms with Crippen LogP contribution in [-0.4, -0.2) is 26.2 Å². The molecule has 0 bridgehead atoms. The maximum Gasteiger partial charge on any atom is 0.141 e. The number of ether oxygens (including phenoxy) is 1. The van der Waals surface area contributed by atoms with Crippen LogP contribution in [0.2, 0.25) is 0 Å². The second-order valence-electron chi connectivity index (χ2n) is 7.79. The van der Waals surface area contributed by atoms with Gasteiger partial charge in [0.1, 0.15) is 35.6 Å². The Morgan fingerprint density at radius 3 is 2.93 bits per heavy atom. The molecule has 1 fully saturated rings. The van der Waals surface area contributed by atoms with Gasteiger partial charge in [-0.1, -0.05) is 5.16 Å². The maximum absolute atomic E-state index is 14.6. The van der Waals surface area contributed by atoms with E-state index in [9.17, 15) is 4.39 Å². The highest BCUT2D eigenvalue weighted by molar-refractivity contribution is 5.99. The second-order valence-corrected chi connectivity index (χ2v) is 7.79. The van der Waals surface area contributed by atoms with Crippen LogP contribution in [0, 0.1) is 19.7 Å². The predicted molar refractivity (Wildman–Crippen MR) is 108 cm³/mol. The maximum atomic E-state index is 14.6. The number of hydrogen-bond donors (Lipinski definition) is 1. The summed E-state index contributed by atoms with van der Waals surface area (Å²) in [6.07, 6.45) is 6.13. The molecule has 0 radical (unpaired) electrons. The Labute approximate surface area is 171 Å². The van der Waals surface area contributed by atoms with Crippen LogP contribution in [0.5, 0.6) is 5.75 Å². The average Bonchev–Trinajstić information content (AvgIpc) is 3.31. The zero-order valence-electron chi connectivity index (χ0n) is 16.4. The highest BCUT2D eigenvalue weighted by Crippen LogP contribution is 2.55. The van der Waals surface area contributed by atoms with Gasteiger partial charge in [0.2, 0.25) is 0 Å². The summed E-state index contributed by atoms with van der Waals surface area (Å²) in [6.45, 7) is 4.06. The summed E-state index contributed by atoms with van der Waals surface area (Å²) in [6, 6.07) is 3.19. The van der Waals surface area contributed by atoms with Gasteiger partial charge in [-0.05, 0) is 32.4 Å². The van der Waals surface area contributed by atoms with Crippen molar-refractivity contribution in [2.24, 2.45) is 0 Å². The van der Waals surface area contributed by atoms with E-state index in [0.29, 0.717) is 29.6 Å². The molecule has 0 spiro atoms. The van der Waals surface area contributed by atoms with Crippen molar-refractivity contribution in [2.45, 2.75) is 38.8 Å². The van der Waals surface area contributed by atoms with Gasteiger partial charge in [0, 0.05) is 41.5 Å². The molecule has 1 saturated carbocycles. The second kappa shape index (κ2) is 6.22. The van der Waals surface area contributed by atoms with E-state index in [-0.39, 0.29) is 11.9 Å². The molecule has 1 aliphatic carbocycles. The van der Waals surface area contributed by atoms with Crippen molar-refractivity contribution < 1.29 is 13.7 Å². The van der Waals surface area contributed by atoms with Crippen LogP contribution in [0.25, 0.3) is 22.0 Å². The SMILES string of the molecule is Cc1noc(C)c1-c1cnc(NCc2c(F)ccc3c2C2CC2O3)c2cncnc12. The molecule has 0 amide bonds. The third-order valence-corrected chi connectivity index (χ3v) is 5.92. The molecule has 1 N–H and O–H groups in total. The van der Waals surface area contributed by atoms with Gasteiger partial charge in [0.15, 0.2) is 0 Å². The zero-order valence-corrected chi connectivity index (χ0v) is 16.4. The van der Waals surface area contributed by atoms with Crippen molar-refractivity contribution in [2.75, 3.05) is 5.32 Å². The number of benzene rings is 1. The molecule has 2 unspecified atom stereocenters. The summed E-state index contributed by atoms with van der Waals surface area (Å²) < 4.78 is 25.8. The normalized spacial score (nSPS) is 18.8. The largest absolute Gasteiger partial charge is 0.489 e. The lowest BCUT2D eigenvalue weighted by atomic mass is 10.0. The molecule has 1 aromatic carbocycles. The highest BCUT2D eigenvalue weighted by Gasteiger charge is 2.49. The Bertz CT molecular complexity index is 1300. The first kappa shape index (κ1) is 17.3. The van der Waals surface area contributed by atoms with E-state index in [2.05, 4.69) is 25.4 Å². The van der Waals surface area contributed by atoms with E-state index in [1.165, 1.54) is 12.4 Å². The lowest BCUT2D eigenvalue weighted by Crippen LogP contribution is -2.07. The van der Waals surface area contributed by atoms with Crippen molar-refractivity contribution in [1.82, 2.24) is 20.1 Å². The number of nitrogens with one attached hydrogen (secondary N) is 1. The third-order valence-electron chi connectivity index (χ3n) is 5.92. The molecule has 8 heteroatoms. The van der Waals surface area contributed by atoms with Crippen LogP contribution >= 0.6 is 0 Å². The summed E-state index contributed by atoms with van der Waals surface area (Å²) in [5.74, 6) is 2.18. The van der Waals surface area contributed by atoms with Crippen LogP contribution in [0.15, 0.2) is 35.4 Å². The first-order valence-corrected chi connectivity index (χ1v) is 9.85. The molecule has 2 aliphatic rings. The number of anilines is 1. The molecule has 6 rings (SSSR count). The third kappa shape index (κ3) is 2.49. The molecule has 7 nitrogen and oxygen atoms in total. The minimum absolute atomic E-state index is 0.210. The van der Waals surface area contributed by atoms with Gasteiger partial charge < -0.3 is 14.6 Å². The summed E-state index contributed by atoms with van der Waals surface area (Å²) in [5, 5.41) is 8.08. The molecular formula is C22H18FN5O2. The Kier molecular flexibility index (Phi) is 3.59. The fourth-order valence-electron chi connectivity index (χ4n) is 4.42. The summed E-state index contributed by atoms with van der Waals surface area (Å²) in [5.41, 5.74) is 4.84.